The molecule has 0 atom stereocenters. The third-order valence-electron chi connectivity index (χ3n) is 2.40. The molecule has 0 bridgehead atoms. The van der Waals surface area contributed by atoms with E-state index < -0.39 is 0 Å². The van der Waals surface area contributed by atoms with E-state index in [9.17, 15) is 0 Å². The van der Waals surface area contributed by atoms with Crippen LogP contribution >= 0.6 is 46.8 Å². The lowest BCUT2D eigenvalue weighted by molar-refractivity contribution is 1.51. The van der Waals surface area contributed by atoms with Crippen LogP contribution in [0.2, 0.25) is 0 Å². The number of nitrogens with zero attached hydrogens (tertiary/aromatic N) is 2. The predicted octanol–water partition coefficient (Wildman–Crippen LogP) is 4.86. The number of hydrogen-bond acceptors (Lipinski definition) is 2. The van der Waals surface area contributed by atoms with Gasteiger partial charge in [-0.25, -0.2) is 0 Å². The van der Waals surface area contributed by atoms with Crippen molar-refractivity contribution < 1.29 is 0 Å². The fraction of sp³-hybridized carbons (Fsp3) is 0. The molecule has 2 rings (SSSR count). The molecule has 0 N–H and O–H groups in total. The maximum atomic E-state index is 6.16. The molecule has 92 valence electrons. The molecule has 0 fully saturated rings. The first kappa shape index (κ1) is 13.6. The molecule has 0 unspecified atom stereocenters. The molecular weight excluding hydrogens is 314 g/mol. The van der Waals surface area contributed by atoms with Crippen LogP contribution in [-0.2, 0) is 0 Å². The summed E-state index contributed by atoms with van der Waals surface area (Å²) in [5.74, 6) is 0. The molecule has 0 heterocycles. The van der Waals surface area contributed by atoms with Crippen LogP contribution in [0.4, 0.5) is 0 Å². The van der Waals surface area contributed by atoms with Gasteiger partial charge in [0.1, 0.15) is 0 Å². The minimum absolute atomic E-state index is 0.463. The molecule has 0 amide bonds. The topological polar surface area (TPSA) is 24.7 Å². The Bertz CT molecular complexity index is 589. The van der Waals surface area contributed by atoms with Crippen molar-refractivity contribution in [2.24, 2.45) is 9.02 Å². The highest BCUT2D eigenvalue weighted by molar-refractivity contribution is 6.48. The summed E-state index contributed by atoms with van der Waals surface area (Å²) < 4.78 is 7.07. The van der Waals surface area contributed by atoms with Crippen molar-refractivity contribution in [2.45, 2.75) is 0 Å². The zero-order valence-corrected chi connectivity index (χ0v) is 11.9. The van der Waals surface area contributed by atoms with E-state index in [4.69, 9.17) is 46.8 Å². The molecule has 18 heavy (non-hydrogen) atoms. The van der Waals surface area contributed by atoms with E-state index in [1.54, 1.807) is 24.3 Å². The Hall–Kier alpha value is -0.800. The Morgan fingerprint density at radius 1 is 0.778 bits per heavy atom. The molecule has 2 nitrogen and oxygen atoms in total. The highest BCUT2D eigenvalue weighted by Crippen LogP contribution is 2.29. The maximum absolute atomic E-state index is 6.16. The summed E-state index contributed by atoms with van der Waals surface area (Å²) in [5, 5.41) is 1.01. The van der Waals surface area contributed by atoms with Crippen molar-refractivity contribution in [3.8, 4) is 0 Å². The predicted molar refractivity (Wildman–Crippen MR) is 79.8 cm³/mol. The van der Waals surface area contributed by atoms with Gasteiger partial charge in [-0.2, -0.15) is 9.02 Å². The summed E-state index contributed by atoms with van der Waals surface area (Å²) in [6.07, 6.45) is 10.6. The smallest absolute Gasteiger partial charge is 0.0963 e. The van der Waals surface area contributed by atoms with Gasteiger partial charge in [-0.05, 0) is 29.9 Å². The van der Waals surface area contributed by atoms with Crippen LogP contribution in [0.25, 0.3) is 0 Å². The Labute approximate surface area is 125 Å². The zero-order valence-electron chi connectivity index (χ0n) is 8.87. The van der Waals surface area contributed by atoms with Crippen LogP contribution in [-0.4, -0.2) is 11.4 Å². The number of halogens is 4. The molecule has 0 saturated heterocycles. The second-order valence-electron chi connectivity index (χ2n) is 3.50. The van der Waals surface area contributed by atoms with Gasteiger partial charge in [-0.1, -0.05) is 35.4 Å². The van der Waals surface area contributed by atoms with Crippen molar-refractivity contribution in [1.29, 1.82) is 0 Å². The van der Waals surface area contributed by atoms with Gasteiger partial charge in [0.15, 0.2) is 0 Å². The average Bonchev–Trinajstić information content (AvgIpc) is 2.38. The van der Waals surface area contributed by atoms with Gasteiger partial charge in [0.25, 0.3) is 0 Å². The summed E-state index contributed by atoms with van der Waals surface area (Å²) >= 11 is 23.0. The van der Waals surface area contributed by atoms with Crippen LogP contribution in [0.3, 0.4) is 0 Å². The number of rotatable bonds is 0. The Balaban J connectivity index is 2.45. The zero-order chi connectivity index (χ0) is 13.1. The van der Waals surface area contributed by atoms with Gasteiger partial charge in [0.05, 0.1) is 21.5 Å². The van der Waals surface area contributed by atoms with E-state index in [2.05, 4.69) is 9.02 Å². The largest absolute Gasteiger partial charge is 0.178 e. The first-order valence-electron chi connectivity index (χ1n) is 4.89. The van der Waals surface area contributed by atoms with Gasteiger partial charge >= 0.3 is 0 Å². The van der Waals surface area contributed by atoms with E-state index in [-0.39, 0.29) is 0 Å². The minimum atomic E-state index is 0.463. The Kier molecular flexibility index (Phi) is 4.46. The molecule has 0 aliphatic heterocycles. The van der Waals surface area contributed by atoms with Crippen molar-refractivity contribution >= 4 is 58.2 Å². The van der Waals surface area contributed by atoms with E-state index in [0.29, 0.717) is 21.5 Å². The monoisotopic (exact) mass is 318 g/mol. The summed E-state index contributed by atoms with van der Waals surface area (Å²) in [5.41, 5.74) is 2.83. The van der Waals surface area contributed by atoms with Crippen LogP contribution in [0.15, 0.2) is 66.7 Å². The molecule has 0 aromatic heterocycles. The fourth-order valence-corrected chi connectivity index (χ4v) is 2.34. The third-order valence-corrected chi connectivity index (χ3v) is 3.39. The molecule has 2 aliphatic carbocycles. The van der Waals surface area contributed by atoms with Crippen LogP contribution in [0.1, 0.15) is 0 Å². The van der Waals surface area contributed by atoms with Crippen LogP contribution in [0, 0.1) is 0 Å². The van der Waals surface area contributed by atoms with Gasteiger partial charge in [-0.3, -0.25) is 0 Å². The Morgan fingerprint density at radius 3 is 2.11 bits per heavy atom. The lowest BCUT2D eigenvalue weighted by Gasteiger charge is -2.12. The highest BCUT2D eigenvalue weighted by atomic mass is 35.5. The second-order valence-corrected chi connectivity index (χ2v) is 4.65. The standard InChI is InChI=1S/C12H6Cl4N2/c13-10-6-8(17-15)2-3-9(10)7-1-4-12(18-16)11(14)5-7/h1-6H/b9-7+,17-8+,18-12+. The van der Waals surface area contributed by atoms with Crippen molar-refractivity contribution in [3.63, 3.8) is 0 Å². The normalized spacial score (nSPS) is 27.8. The first-order chi connectivity index (χ1) is 8.65. The van der Waals surface area contributed by atoms with E-state index in [1.807, 2.05) is 12.2 Å². The van der Waals surface area contributed by atoms with Gasteiger partial charge in [0.2, 0.25) is 0 Å². The molecule has 6 heteroatoms. The van der Waals surface area contributed by atoms with E-state index in [1.165, 1.54) is 0 Å². The van der Waals surface area contributed by atoms with Crippen LogP contribution in [0.5, 0.6) is 0 Å². The summed E-state index contributed by atoms with van der Waals surface area (Å²) in [6, 6.07) is 0. The van der Waals surface area contributed by atoms with Crippen molar-refractivity contribution in [1.82, 2.24) is 0 Å². The lowest BCUT2D eigenvalue weighted by Crippen LogP contribution is -2.02. The van der Waals surface area contributed by atoms with Crippen molar-refractivity contribution in [2.75, 3.05) is 0 Å². The molecule has 0 aromatic carbocycles. The van der Waals surface area contributed by atoms with Crippen LogP contribution < -0.4 is 0 Å². The maximum Gasteiger partial charge on any atom is 0.0963 e. The van der Waals surface area contributed by atoms with Gasteiger partial charge in [-0.15, -0.1) is 0 Å². The molecule has 0 spiro atoms. The van der Waals surface area contributed by atoms with Gasteiger partial charge in [0, 0.05) is 29.1 Å². The first-order valence-corrected chi connectivity index (χ1v) is 6.32. The van der Waals surface area contributed by atoms with Gasteiger partial charge < -0.3 is 0 Å². The highest BCUT2D eigenvalue weighted by Gasteiger charge is 2.14. The quantitative estimate of drug-likeness (QED) is 0.609. The SMILES string of the molecule is Cl/N=C1C=C/C(=C2C=C/C(=N\Cl)C(Cl)=C/2)C(Cl)=C\1. The Morgan fingerprint density at radius 2 is 1.56 bits per heavy atom. The molecule has 0 aromatic rings. The third kappa shape index (κ3) is 2.78. The molecular formula is C12H6Cl4N2. The van der Waals surface area contributed by atoms with Crippen molar-refractivity contribution in [3.05, 3.63) is 57.7 Å². The minimum Gasteiger partial charge on any atom is -0.178 e. The second kappa shape index (κ2) is 5.89. The number of allylic oxidation sites excluding steroid dienone is 10. The van der Waals surface area contributed by atoms with E-state index >= 15 is 0 Å². The molecule has 0 saturated carbocycles. The average molecular weight is 320 g/mol. The van der Waals surface area contributed by atoms with E-state index in [0.717, 1.165) is 11.1 Å². The summed E-state index contributed by atoms with van der Waals surface area (Å²) in [4.78, 5) is 0. The summed E-state index contributed by atoms with van der Waals surface area (Å²) in [6.45, 7) is 0. The number of hydrogen-bond donors (Lipinski definition) is 0. The summed E-state index contributed by atoms with van der Waals surface area (Å²) in [7, 11) is 0. The molecule has 0 radical (unpaired) electrons. The molecule has 2 aliphatic rings. The fourth-order valence-electron chi connectivity index (χ4n) is 1.53. The lowest BCUT2D eigenvalue weighted by atomic mass is 9.98.